The first-order valence-corrected chi connectivity index (χ1v) is 6.04. The molecule has 2 aromatic rings. The summed E-state index contributed by atoms with van der Waals surface area (Å²) >= 11 is 1.46. The van der Waals surface area contributed by atoms with E-state index in [-0.39, 0.29) is 6.54 Å². The maximum absolute atomic E-state index is 10.7. The van der Waals surface area contributed by atoms with E-state index >= 15 is 0 Å². The molecule has 0 fully saturated rings. The van der Waals surface area contributed by atoms with Gasteiger partial charge in [0.1, 0.15) is 22.9 Å². The van der Waals surface area contributed by atoms with Crippen LogP contribution in [0.25, 0.3) is 11.2 Å². The summed E-state index contributed by atoms with van der Waals surface area (Å²) in [6.07, 6.45) is 4.85. The Morgan fingerprint density at radius 2 is 2.35 bits per heavy atom. The normalized spacial score (nSPS) is 12.8. The van der Waals surface area contributed by atoms with Gasteiger partial charge < -0.3 is 15.4 Å². The van der Waals surface area contributed by atoms with Gasteiger partial charge in [-0.05, 0) is 6.26 Å². The fourth-order valence-corrected chi connectivity index (χ4v) is 1.92. The van der Waals surface area contributed by atoms with Gasteiger partial charge in [-0.2, -0.15) is 0 Å². The van der Waals surface area contributed by atoms with Gasteiger partial charge in [0.25, 0.3) is 0 Å². The van der Waals surface area contributed by atoms with Gasteiger partial charge in [-0.25, -0.2) is 15.0 Å². The van der Waals surface area contributed by atoms with Crippen LogP contribution >= 0.6 is 11.8 Å². The lowest BCUT2D eigenvalue weighted by Crippen LogP contribution is -2.34. The number of aromatic nitrogens is 4. The maximum Gasteiger partial charge on any atom is 0.322 e. The van der Waals surface area contributed by atoms with Crippen LogP contribution in [0.1, 0.15) is 0 Å². The third-order valence-corrected chi connectivity index (χ3v) is 2.96. The SMILES string of the molecule is CSc1ncnc2c1ncn2CC(N)C(=O)O. The highest BCUT2D eigenvalue weighted by molar-refractivity contribution is 7.98. The number of hydrogen-bond donors (Lipinski definition) is 2. The molecule has 2 rings (SSSR count). The molecular formula is C9H11N5O2S. The summed E-state index contributed by atoms with van der Waals surface area (Å²) in [5, 5.41) is 9.52. The molecule has 0 aliphatic carbocycles. The second kappa shape index (κ2) is 4.68. The lowest BCUT2D eigenvalue weighted by molar-refractivity contribution is -0.138. The predicted octanol–water partition coefficient (Wildman–Crippen LogP) is -0.0399. The lowest BCUT2D eigenvalue weighted by atomic mass is 10.3. The highest BCUT2D eigenvalue weighted by Crippen LogP contribution is 2.20. The Bertz CT molecular complexity index is 555. The van der Waals surface area contributed by atoms with Crippen molar-refractivity contribution in [1.82, 2.24) is 19.5 Å². The van der Waals surface area contributed by atoms with Crippen LogP contribution < -0.4 is 5.73 Å². The summed E-state index contributed by atoms with van der Waals surface area (Å²) < 4.78 is 1.62. The molecular weight excluding hydrogens is 242 g/mol. The lowest BCUT2D eigenvalue weighted by Gasteiger charge is -2.07. The highest BCUT2D eigenvalue weighted by atomic mass is 32.2. The van der Waals surface area contributed by atoms with Crippen LogP contribution in [-0.2, 0) is 11.3 Å². The fourth-order valence-electron chi connectivity index (χ4n) is 1.43. The smallest absolute Gasteiger partial charge is 0.322 e. The molecule has 1 atom stereocenters. The van der Waals surface area contributed by atoms with Crippen LogP contribution in [0.3, 0.4) is 0 Å². The molecule has 0 bridgehead atoms. The number of thioether (sulfide) groups is 1. The van der Waals surface area contributed by atoms with Crippen molar-refractivity contribution in [3.05, 3.63) is 12.7 Å². The molecule has 17 heavy (non-hydrogen) atoms. The largest absolute Gasteiger partial charge is 0.480 e. The van der Waals surface area contributed by atoms with Gasteiger partial charge in [0.05, 0.1) is 12.9 Å². The number of nitrogens with two attached hydrogens (primary N) is 1. The molecule has 2 heterocycles. The minimum absolute atomic E-state index is 0.136. The minimum atomic E-state index is -1.05. The van der Waals surface area contributed by atoms with Gasteiger partial charge in [-0.1, -0.05) is 0 Å². The van der Waals surface area contributed by atoms with Crippen molar-refractivity contribution < 1.29 is 9.90 Å². The van der Waals surface area contributed by atoms with Gasteiger partial charge in [0.2, 0.25) is 0 Å². The molecule has 0 aromatic carbocycles. The number of imidazole rings is 1. The van der Waals surface area contributed by atoms with Crippen molar-refractivity contribution in [2.45, 2.75) is 17.6 Å². The molecule has 3 N–H and O–H groups in total. The Morgan fingerprint density at radius 3 is 3.00 bits per heavy atom. The Kier molecular flexibility index (Phi) is 3.25. The second-order valence-electron chi connectivity index (χ2n) is 3.40. The van der Waals surface area contributed by atoms with Crippen molar-refractivity contribution in [2.24, 2.45) is 5.73 Å². The zero-order chi connectivity index (χ0) is 12.4. The summed E-state index contributed by atoms with van der Waals surface area (Å²) in [6.45, 7) is 0.136. The van der Waals surface area contributed by atoms with Crippen LogP contribution in [0.2, 0.25) is 0 Å². The van der Waals surface area contributed by atoms with E-state index in [0.717, 1.165) is 5.03 Å². The molecule has 0 saturated heterocycles. The van der Waals surface area contributed by atoms with Crippen molar-refractivity contribution in [3.63, 3.8) is 0 Å². The maximum atomic E-state index is 10.7. The first-order valence-electron chi connectivity index (χ1n) is 4.81. The topological polar surface area (TPSA) is 107 Å². The van der Waals surface area contributed by atoms with E-state index in [1.54, 1.807) is 4.57 Å². The number of carboxylic acids is 1. The van der Waals surface area contributed by atoms with Crippen molar-refractivity contribution in [1.29, 1.82) is 0 Å². The average Bonchev–Trinajstić information content (AvgIpc) is 2.72. The molecule has 90 valence electrons. The van der Waals surface area contributed by atoms with E-state index in [0.29, 0.717) is 11.2 Å². The predicted molar refractivity (Wildman–Crippen MR) is 62.7 cm³/mol. The van der Waals surface area contributed by atoms with Crippen LogP contribution in [0, 0.1) is 0 Å². The monoisotopic (exact) mass is 253 g/mol. The molecule has 0 aliphatic heterocycles. The van der Waals surface area contributed by atoms with Crippen LogP contribution in [0.4, 0.5) is 0 Å². The van der Waals surface area contributed by atoms with Gasteiger partial charge in [-0.15, -0.1) is 11.8 Å². The Morgan fingerprint density at radius 1 is 1.59 bits per heavy atom. The number of fused-ring (bicyclic) bond motifs is 1. The second-order valence-corrected chi connectivity index (χ2v) is 4.19. The van der Waals surface area contributed by atoms with E-state index in [1.807, 2.05) is 6.26 Å². The molecule has 0 radical (unpaired) electrons. The van der Waals surface area contributed by atoms with E-state index in [9.17, 15) is 4.79 Å². The van der Waals surface area contributed by atoms with Gasteiger partial charge >= 0.3 is 5.97 Å². The number of nitrogens with zero attached hydrogens (tertiary/aromatic N) is 4. The van der Waals surface area contributed by atoms with Gasteiger partial charge in [0.15, 0.2) is 5.65 Å². The number of carbonyl (C=O) groups is 1. The van der Waals surface area contributed by atoms with E-state index in [1.165, 1.54) is 24.4 Å². The number of aliphatic carboxylic acids is 1. The highest BCUT2D eigenvalue weighted by Gasteiger charge is 2.15. The quantitative estimate of drug-likeness (QED) is 0.581. The van der Waals surface area contributed by atoms with Crippen molar-refractivity contribution in [3.8, 4) is 0 Å². The first kappa shape index (κ1) is 11.8. The standard InChI is InChI=1S/C9H11N5O2S/c1-17-8-6-7(11-3-12-8)14(4-13-6)2-5(10)9(15)16/h3-5H,2,10H2,1H3,(H,15,16). The molecule has 0 aliphatic rings. The Labute approximate surface area is 101 Å². The Hall–Kier alpha value is -1.67. The number of carboxylic acid groups (broad SMARTS) is 1. The molecule has 2 aromatic heterocycles. The fraction of sp³-hybridized carbons (Fsp3) is 0.333. The number of hydrogen-bond acceptors (Lipinski definition) is 6. The Balaban J connectivity index is 2.40. The molecule has 0 saturated carbocycles. The molecule has 8 heteroatoms. The third-order valence-electron chi connectivity index (χ3n) is 2.27. The zero-order valence-corrected chi connectivity index (χ0v) is 9.89. The van der Waals surface area contributed by atoms with Gasteiger partial charge in [-0.3, -0.25) is 4.79 Å². The van der Waals surface area contributed by atoms with Gasteiger partial charge in [0, 0.05) is 0 Å². The third kappa shape index (κ3) is 2.22. The van der Waals surface area contributed by atoms with E-state index < -0.39 is 12.0 Å². The summed E-state index contributed by atoms with van der Waals surface area (Å²) in [4.78, 5) is 23.0. The first-order chi connectivity index (χ1) is 8.13. The zero-order valence-electron chi connectivity index (χ0n) is 9.07. The summed E-state index contributed by atoms with van der Waals surface area (Å²) in [6, 6.07) is -0.972. The molecule has 1 unspecified atom stereocenters. The molecule has 0 amide bonds. The van der Waals surface area contributed by atoms with Crippen LogP contribution in [-0.4, -0.2) is 42.9 Å². The molecule has 7 nitrogen and oxygen atoms in total. The summed E-state index contributed by atoms with van der Waals surface area (Å²) in [5.74, 6) is -1.05. The average molecular weight is 253 g/mol. The minimum Gasteiger partial charge on any atom is -0.480 e. The van der Waals surface area contributed by atoms with E-state index in [2.05, 4.69) is 15.0 Å². The van der Waals surface area contributed by atoms with Crippen molar-refractivity contribution in [2.75, 3.05) is 6.26 Å². The summed E-state index contributed by atoms with van der Waals surface area (Å²) in [7, 11) is 0. The van der Waals surface area contributed by atoms with Crippen LogP contribution in [0.5, 0.6) is 0 Å². The summed E-state index contributed by atoms with van der Waals surface area (Å²) in [5.41, 5.74) is 6.74. The number of rotatable bonds is 4. The van der Waals surface area contributed by atoms with Crippen molar-refractivity contribution >= 4 is 28.9 Å². The van der Waals surface area contributed by atoms with Crippen LogP contribution in [0.15, 0.2) is 17.7 Å². The van der Waals surface area contributed by atoms with E-state index in [4.69, 9.17) is 10.8 Å². The molecule has 0 spiro atoms.